The second-order valence-corrected chi connectivity index (χ2v) is 11.0. The van der Waals surface area contributed by atoms with Crippen LogP contribution in [0.5, 0.6) is 0 Å². The Kier molecular flexibility index (Phi) is 7.73. The number of H-pyrrole nitrogens is 4. The quantitative estimate of drug-likeness (QED) is 0.186. The molecule has 4 aromatic heterocycles. The van der Waals surface area contributed by atoms with E-state index < -0.39 is 11.9 Å². The summed E-state index contributed by atoms with van der Waals surface area (Å²) in [5.41, 5.74) is 9.79. The highest BCUT2D eigenvalue weighted by atomic mass is 16.4. The van der Waals surface area contributed by atoms with Gasteiger partial charge in [-0.15, -0.1) is 0 Å². The Labute approximate surface area is 243 Å². The zero-order valence-corrected chi connectivity index (χ0v) is 25.0. The summed E-state index contributed by atoms with van der Waals surface area (Å²) in [6.45, 7) is 12.3. The lowest BCUT2D eigenvalue weighted by Crippen LogP contribution is -2.24. The van der Waals surface area contributed by atoms with E-state index in [1.807, 2.05) is 33.8 Å². The summed E-state index contributed by atoms with van der Waals surface area (Å²) in [7, 11) is 0. The molecule has 0 aromatic carbocycles. The Morgan fingerprint density at radius 2 is 1.02 bits per heavy atom. The van der Waals surface area contributed by atoms with E-state index in [0.29, 0.717) is 12.8 Å². The minimum absolute atomic E-state index is 0.00727. The Balaban J connectivity index is 1.94. The monoisotopic (exact) mass is 566 g/mol. The fourth-order valence-electron chi connectivity index (χ4n) is 6.15. The highest BCUT2D eigenvalue weighted by Crippen LogP contribution is 2.22. The first-order chi connectivity index (χ1) is 20.0. The number of carbonyl (C=O) groups is 2. The molecule has 6 N–H and O–H groups in total. The molecule has 218 valence electrons. The van der Waals surface area contributed by atoms with Crippen LogP contribution >= 0.6 is 0 Å². The first kappa shape index (κ1) is 28.8. The fourth-order valence-corrected chi connectivity index (χ4v) is 6.15. The van der Waals surface area contributed by atoms with Crippen LogP contribution in [0.25, 0.3) is 36.5 Å². The summed E-state index contributed by atoms with van der Waals surface area (Å²) >= 11 is 0. The van der Waals surface area contributed by atoms with Gasteiger partial charge in [0.2, 0.25) is 0 Å². The number of carboxylic acid groups (broad SMARTS) is 2. The fraction of sp³-hybridized carbons (Fsp3) is 0.294. The third-order valence-electron chi connectivity index (χ3n) is 8.55. The SMILES string of the molecule is CC=c1c(C)c2[nH]/c1=C\c1[nH]c(/c(=C/C)c1C)=C\c1[nH]c(c(CCC(=O)O)c1C)/C=c1\[nH]/c(c(C)c1CCC(=O)O)=C\2. The average molecular weight is 567 g/mol. The van der Waals surface area contributed by atoms with Gasteiger partial charge in [0.1, 0.15) is 0 Å². The predicted molar refractivity (Wildman–Crippen MR) is 166 cm³/mol. The molecule has 5 heterocycles. The maximum absolute atomic E-state index is 11.5. The van der Waals surface area contributed by atoms with Crippen LogP contribution in [0.15, 0.2) is 0 Å². The van der Waals surface area contributed by atoms with E-state index in [-0.39, 0.29) is 12.8 Å². The number of hydrogen-bond acceptors (Lipinski definition) is 2. The molecule has 1 aliphatic rings. The van der Waals surface area contributed by atoms with Gasteiger partial charge in [0, 0.05) is 57.0 Å². The molecule has 0 saturated heterocycles. The van der Waals surface area contributed by atoms with Crippen LogP contribution in [-0.2, 0) is 22.4 Å². The van der Waals surface area contributed by atoms with Gasteiger partial charge in [-0.25, -0.2) is 0 Å². The van der Waals surface area contributed by atoms with E-state index >= 15 is 0 Å². The number of aromatic amines is 4. The van der Waals surface area contributed by atoms with Crippen LogP contribution in [0, 0.1) is 27.7 Å². The van der Waals surface area contributed by atoms with E-state index in [9.17, 15) is 19.8 Å². The molecule has 42 heavy (non-hydrogen) atoms. The van der Waals surface area contributed by atoms with Crippen molar-refractivity contribution in [2.45, 2.75) is 67.2 Å². The number of hydrogen-bond donors (Lipinski definition) is 6. The predicted octanol–water partition coefficient (Wildman–Crippen LogP) is 1.50. The van der Waals surface area contributed by atoms with Crippen LogP contribution in [0.4, 0.5) is 0 Å². The minimum atomic E-state index is -0.854. The normalized spacial score (nSPS) is 16.6. The van der Waals surface area contributed by atoms with Crippen molar-refractivity contribution in [3.63, 3.8) is 0 Å². The third-order valence-corrected chi connectivity index (χ3v) is 8.55. The topological polar surface area (TPSA) is 138 Å². The third kappa shape index (κ3) is 5.20. The lowest BCUT2D eigenvalue weighted by atomic mass is 10.0. The van der Waals surface area contributed by atoms with Crippen molar-refractivity contribution in [3.05, 3.63) is 88.0 Å². The van der Waals surface area contributed by atoms with Crippen LogP contribution in [-0.4, -0.2) is 42.1 Å². The molecule has 8 bridgehead atoms. The Hall–Kier alpha value is -4.72. The van der Waals surface area contributed by atoms with Crippen molar-refractivity contribution in [1.29, 1.82) is 0 Å². The van der Waals surface area contributed by atoms with E-state index in [2.05, 4.69) is 64.2 Å². The van der Waals surface area contributed by atoms with Crippen LogP contribution in [0.2, 0.25) is 0 Å². The van der Waals surface area contributed by atoms with E-state index in [1.54, 1.807) is 0 Å². The van der Waals surface area contributed by atoms with Gasteiger partial charge in [-0.05, 0) is 123 Å². The van der Waals surface area contributed by atoms with Crippen molar-refractivity contribution in [3.8, 4) is 0 Å². The van der Waals surface area contributed by atoms with Crippen molar-refractivity contribution in [2.24, 2.45) is 0 Å². The van der Waals surface area contributed by atoms with E-state index in [0.717, 1.165) is 88.0 Å². The summed E-state index contributed by atoms with van der Waals surface area (Å²) in [6.07, 6.45) is 13.3. The lowest BCUT2D eigenvalue weighted by molar-refractivity contribution is -0.138. The summed E-state index contributed by atoms with van der Waals surface area (Å²) in [5.74, 6) is -1.71. The molecule has 0 unspecified atom stereocenters. The minimum Gasteiger partial charge on any atom is -0.481 e. The second kappa shape index (κ2) is 11.3. The Bertz CT molecular complexity index is 2110. The standard InChI is InChI=1S/C34H38N4O4/c1-7-21-17(3)25-13-26-19(5)23(9-11-33(39)40)31(37-26)16-32-24(10-12-34(41)42)20(6)28(38-32)15-30-22(8-2)18(4)27(36-30)14-29(21)35-25/h7-8,13-16,35-38H,9-12H2,1-6H3,(H,39,40)(H,41,42)/b21-7?,22-8+,26-13-,29-14-,30-15-,31-16-. The van der Waals surface area contributed by atoms with Crippen molar-refractivity contribution >= 4 is 48.4 Å². The lowest BCUT2D eigenvalue weighted by Gasteiger charge is -2.01. The second-order valence-electron chi connectivity index (χ2n) is 11.0. The van der Waals surface area contributed by atoms with Gasteiger partial charge in [-0.3, -0.25) is 9.59 Å². The summed E-state index contributed by atoms with van der Waals surface area (Å²) in [4.78, 5) is 37.4. The molecule has 8 nitrogen and oxygen atoms in total. The summed E-state index contributed by atoms with van der Waals surface area (Å²) < 4.78 is 0. The van der Waals surface area contributed by atoms with Gasteiger partial charge in [0.15, 0.2) is 0 Å². The molecule has 0 atom stereocenters. The van der Waals surface area contributed by atoms with Crippen LogP contribution in [0.1, 0.15) is 82.8 Å². The van der Waals surface area contributed by atoms with Gasteiger partial charge in [0.25, 0.3) is 0 Å². The van der Waals surface area contributed by atoms with Crippen molar-refractivity contribution < 1.29 is 19.8 Å². The summed E-state index contributed by atoms with van der Waals surface area (Å²) in [6, 6.07) is 0. The highest BCUT2D eigenvalue weighted by molar-refractivity contribution is 5.69. The van der Waals surface area contributed by atoms with Gasteiger partial charge in [-0.2, -0.15) is 0 Å². The van der Waals surface area contributed by atoms with E-state index in [4.69, 9.17) is 0 Å². The smallest absolute Gasteiger partial charge is 0.303 e. The number of carboxylic acids is 2. The molecule has 0 radical (unpaired) electrons. The van der Waals surface area contributed by atoms with Crippen molar-refractivity contribution in [2.75, 3.05) is 0 Å². The highest BCUT2D eigenvalue weighted by Gasteiger charge is 2.16. The Morgan fingerprint density at radius 1 is 0.571 bits per heavy atom. The van der Waals surface area contributed by atoms with Crippen LogP contribution < -0.4 is 31.8 Å². The van der Waals surface area contributed by atoms with Gasteiger partial charge >= 0.3 is 11.9 Å². The molecular weight excluding hydrogens is 528 g/mol. The molecule has 0 saturated carbocycles. The number of fused-ring (bicyclic) bond motifs is 8. The van der Waals surface area contributed by atoms with Gasteiger partial charge < -0.3 is 30.1 Å². The van der Waals surface area contributed by atoms with Crippen molar-refractivity contribution in [1.82, 2.24) is 19.9 Å². The number of rotatable bonds is 6. The number of nitrogens with one attached hydrogen (secondary N) is 4. The summed E-state index contributed by atoms with van der Waals surface area (Å²) in [5, 5.41) is 24.9. The molecule has 8 heteroatoms. The molecule has 4 aromatic rings. The van der Waals surface area contributed by atoms with Gasteiger partial charge in [0.05, 0.1) is 0 Å². The molecule has 0 aliphatic carbocycles. The molecule has 1 aliphatic heterocycles. The first-order valence-electron chi connectivity index (χ1n) is 14.3. The van der Waals surface area contributed by atoms with Gasteiger partial charge in [-0.1, -0.05) is 12.2 Å². The average Bonchev–Trinajstić information content (AvgIpc) is 3.59. The van der Waals surface area contributed by atoms with E-state index in [1.165, 1.54) is 0 Å². The number of aromatic nitrogens is 4. The largest absolute Gasteiger partial charge is 0.481 e. The Morgan fingerprint density at radius 3 is 1.52 bits per heavy atom. The maximum Gasteiger partial charge on any atom is 0.303 e. The van der Waals surface area contributed by atoms with Crippen LogP contribution in [0.3, 0.4) is 0 Å². The molecule has 0 amide bonds. The molecule has 0 spiro atoms. The number of aliphatic carboxylic acids is 2. The zero-order valence-electron chi connectivity index (χ0n) is 25.0. The first-order valence-corrected chi connectivity index (χ1v) is 14.3. The molecular formula is C34H38N4O4. The zero-order chi connectivity index (χ0) is 30.3. The maximum atomic E-state index is 11.5. The molecule has 0 fully saturated rings. The molecule has 5 rings (SSSR count).